The number of nitrogens with zero attached hydrogens (tertiary/aromatic N) is 3. The third-order valence-electron chi connectivity index (χ3n) is 4.18. The standard InChI is InChI=1S/C19H20N4O3/c1-23-17(24)11-10-15(22-23)19(25)21-18(14-8-5-6-12-20-14)13-7-3-4-9-16(13)26-2/h3-9,12,18H,10-11H2,1-2H3,(H,21,25). The predicted molar refractivity (Wildman–Crippen MR) is 96.7 cm³/mol. The average Bonchev–Trinajstić information content (AvgIpc) is 2.68. The largest absolute Gasteiger partial charge is 0.496 e. The lowest BCUT2D eigenvalue weighted by atomic mass is 10.0. The molecule has 134 valence electrons. The van der Waals surface area contributed by atoms with Crippen molar-refractivity contribution in [1.29, 1.82) is 0 Å². The lowest BCUT2D eigenvalue weighted by Crippen LogP contribution is -2.39. The molecule has 1 aliphatic heterocycles. The molecule has 1 aromatic heterocycles. The molecule has 1 unspecified atom stereocenters. The molecule has 1 aromatic carbocycles. The van der Waals surface area contributed by atoms with Crippen LogP contribution in [0.5, 0.6) is 5.75 Å². The van der Waals surface area contributed by atoms with Crippen LogP contribution >= 0.6 is 0 Å². The summed E-state index contributed by atoms with van der Waals surface area (Å²) in [5.74, 6) is 0.222. The van der Waals surface area contributed by atoms with E-state index >= 15 is 0 Å². The molecule has 0 bridgehead atoms. The third kappa shape index (κ3) is 3.72. The summed E-state index contributed by atoms with van der Waals surface area (Å²) in [5, 5.41) is 8.27. The van der Waals surface area contributed by atoms with Gasteiger partial charge < -0.3 is 10.1 Å². The smallest absolute Gasteiger partial charge is 0.268 e. The highest BCUT2D eigenvalue weighted by Gasteiger charge is 2.26. The molecule has 0 spiro atoms. The Balaban J connectivity index is 1.93. The molecule has 26 heavy (non-hydrogen) atoms. The van der Waals surface area contributed by atoms with Gasteiger partial charge in [-0.05, 0) is 18.2 Å². The maximum absolute atomic E-state index is 12.8. The fraction of sp³-hybridized carbons (Fsp3) is 0.263. The van der Waals surface area contributed by atoms with Crippen LogP contribution in [-0.2, 0) is 9.59 Å². The first-order valence-electron chi connectivity index (χ1n) is 8.29. The number of hydrazone groups is 1. The number of benzene rings is 1. The number of ether oxygens (including phenoxy) is 1. The Morgan fingerprint density at radius 1 is 1.19 bits per heavy atom. The van der Waals surface area contributed by atoms with Gasteiger partial charge in [0.15, 0.2) is 0 Å². The summed E-state index contributed by atoms with van der Waals surface area (Å²) in [7, 11) is 3.13. The van der Waals surface area contributed by atoms with Crippen molar-refractivity contribution < 1.29 is 14.3 Å². The van der Waals surface area contributed by atoms with Crippen molar-refractivity contribution in [3.8, 4) is 5.75 Å². The van der Waals surface area contributed by atoms with Crippen LogP contribution in [0.15, 0.2) is 53.8 Å². The van der Waals surface area contributed by atoms with E-state index in [1.807, 2.05) is 42.5 Å². The van der Waals surface area contributed by atoms with Gasteiger partial charge in [0.25, 0.3) is 5.91 Å². The van der Waals surface area contributed by atoms with Crippen LogP contribution in [0.25, 0.3) is 0 Å². The van der Waals surface area contributed by atoms with E-state index in [2.05, 4.69) is 15.4 Å². The number of nitrogens with one attached hydrogen (secondary N) is 1. The third-order valence-corrected chi connectivity index (χ3v) is 4.18. The Hall–Kier alpha value is -3.22. The zero-order valence-electron chi connectivity index (χ0n) is 14.7. The number of carbonyl (C=O) groups excluding carboxylic acids is 2. The number of hydrogen-bond acceptors (Lipinski definition) is 5. The van der Waals surface area contributed by atoms with Crippen molar-refractivity contribution in [3.05, 3.63) is 59.9 Å². The Kier molecular flexibility index (Phi) is 5.26. The second kappa shape index (κ2) is 7.77. The second-order valence-electron chi connectivity index (χ2n) is 5.87. The SMILES string of the molecule is COc1ccccc1C(NC(=O)C1=NN(C)C(=O)CC1)c1ccccn1. The van der Waals surface area contributed by atoms with Crippen molar-refractivity contribution in [1.82, 2.24) is 15.3 Å². The summed E-state index contributed by atoms with van der Waals surface area (Å²) in [4.78, 5) is 28.7. The van der Waals surface area contributed by atoms with Crippen LogP contribution in [-0.4, -0.2) is 41.7 Å². The van der Waals surface area contributed by atoms with Gasteiger partial charge in [-0.2, -0.15) is 5.10 Å². The van der Waals surface area contributed by atoms with E-state index < -0.39 is 6.04 Å². The van der Waals surface area contributed by atoms with Gasteiger partial charge in [-0.15, -0.1) is 0 Å². The molecule has 0 saturated carbocycles. The summed E-state index contributed by atoms with van der Waals surface area (Å²) < 4.78 is 5.44. The van der Waals surface area contributed by atoms with E-state index in [4.69, 9.17) is 4.74 Å². The molecule has 0 saturated heterocycles. The van der Waals surface area contributed by atoms with E-state index in [1.54, 1.807) is 20.4 Å². The first-order valence-corrected chi connectivity index (χ1v) is 8.29. The summed E-state index contributed by atoms with van der Waals surface area (Å²) >= 11 is 0. The van der Waals surface area contributed by atoms with Crippen molar-refractivity contribution in [3.63, 3.8) is 0 Å². The summed E-state index contributed by atoms with van der Waals surface area (Å²) in [6, 6.07) is 12.5. The quantitative estimate of drug-likeness (QED) is 0.891. The van der Waals surface area contributed by atoms with Gasteiger partial charge in [-0.1, -0.05) is 24.3 Å². The molecule has 2 aromatic rings. The number of amides is 2. The van der Waals surface area contributed by atoms with Gasteiger partial charge in [-0.25, -0.2) is 5.01 Å². The number of hydrogen-bond donors (Lipinski definition) is 1. The van der Waals surface area contributed by atoms with Crippen molar-refractivity contribution in [2.45, 2.75) is 18.9 Å². The summed E-state index contributed by atoms with van der Waals surface area (Å²) in [6.45, 7) is 0. The molecule has 7 heteroatoms. The van der Waals surface area contributed by atoms with Gasteiger partial charge in [0.1, 0.15) is 17.5 Å². The van der Waals surface area contributed by atoms with Gasteiger partial charge in [0.05, 0.1) is 12.8 Å². The normalized spacial score (nSPS) is 15.2. The van der Waals surface area contributed by atoms with Crippen molar-refractivity contribution in [2.75, 3.05) is 14.2 Å². The minimum absolute atomic E-state index is 0.104. The zero-order chi connectivity index (χ0) is 18.5. The summed E-state index contributed by atoms with van der Waals surface area (Å²) in [6.07, 6.45) is 2.26. The van der Waals surface area contributed by atoms with Crippen molar-refractivity contribution >= 4 is 17.5 Å². The molecule has 3 rings (SSSR count). The lowest BCUT2D eigenvalue weighted by Gasteiger charge is -2.23. The maximum Gasteiger partial charge on any atom is 0.268 e. The number of rotatable bonds is 5. The fourth-order valence-electron chi connectivity index (χ4n) is 2.81. The Morgan fingerprint density at radius 2 is 1.96 bits per heavy atom. The molecule has 1 N–H and O–H groups in total. The number of methoxy groups -OCH3 is 1. The van der Waals surface area contributed by atoms with E-state index in [1.165, 1.54) is 5.01 Å². The van der Waals surface area contributed by atoms with Gasteiger partial charge in [0, 0.05) is 31.6 Å². The average molecular weight is 352 g/mol. The molecule has 1 aliphatic rings. The van der Waals surface area contributed by atoms with Crippen LogP contribution in [0.3, 0.4) is 0 Å². The van der Waals surface area contributed by atoms with Crippen LogP contribution < -0.4 is 10.1 Å². The molecular weight excluding hydrogens is 332 g/mol. The number of para-hydroxylation sites is 1. The van der Waals surface area contributed by atoms with Crippen molar-refractivity contribution in [2.24, 2.45) is 5.10 Å². The Morgan fingerprint density at radius 3 is 2.65 bits per heavy atom. The number of carbonyl (C=O) groups is 2. The topological polar surface area (TPSA) is 83.9 Å². The van der Waals surface area contributed by atoms with E-state index in [-0.39, 0.29) is 18.2 Å². The van der Waals surface area contributed by atoms with Crippen LogP contribution in [0.2, 0.25) is 0 Å². The molecule has 1 atom stereocenters. The molecule has 2 heterocycles. The highest BCUT2D eigenvalue weighted by molar-refractivity contribution is 6.39. The van der Waals surface area contributed by atoms with Crippen LogP contribution in [0, 0.1) is 0 Å². The van der Waals surface area contributed by atoms with Gasteiger partial charge in [-0.3, -0.25) is 14.6 Å². The number of aromatic nitrogens is 1. The second-order valence-corrected chi connectivity index (χ2v) is 5.87. The van der Waals surface area contributed by atoms with E-state index in [0.717, 1.165) is 5.56 Å². The fourth-order valence-corrected chi connectivity index (χ4v) is 2.81. The van der Waals surface area contributed by atoms with Gasteiger partial charge in [0.2, 0.25) is 5.91 Å². The van der Waals surface area contributed by atoms with E-state index in [9.17, 15) is 9.59 Å². The Bertz CT molecular complexity index is 836. The monoisotopic (exact) mass is 352 g/mol. The van der Waals surface area contributed by atoms with E-state index in [0.29, 0.717) is 23.6 Å². The van der Waals surface area contributed by atoms with Gasteiger partial charge >= 0.3 is 0 Å². The minimum Gasteiger partial charge on any atom is -0.496 e. The first-order chi connectivity index (χ1) is 12.6. The lowest BCUT2D eigenvalue weighted by molar-refractivity contribution is -0.130. The molecular formula is C19H20N4O3. The highest BCUT2D eigenvalue weighted by atomic mass is 16.5. The zero-order valence-corrected chi connectivity index (χ0v) is 14.7. The molecule has 7 nitrogen and oxygen atoms in total. The predicted octanol–water partition coefficient (Wildman–Crippen LogP) is 1.90. The van der Waals surface area contributed by atoms with Crippen LogP contribution in [0.4, 0.5) is 0 Å². The molecule has 0 aliphatic carbocycles. The summed E-state index contributed by atoms with van der Waals surface area (Å²) in [5.41, 5.74) is 1.80. The minimum atomic E-state index is -0.495. The van der Waals surface area contributed by atoms with Crippen LogP contribution in [0.1, 0.15) is 30.1 Å². The first kappa shape index (κ1) is 17.6. The highest BCUT2D eigenvalue weighted by Crippen LogP contribution is 2.29. The molecule has 0 fully saturated rings. The molecule has 0 radical (unpaired) electrons. The Labute approximate surface area is 151 Å². The number of pyridine rings is 1. The molecule has 2 amide bonds. The maximum atomic E-state index is 12.8.